The Morgan fingerprint density at radius 1 is 1.17 bits per heavy atom. The van der Waals surface area contributed by atoms with Crippen LogP contribution in [0.3, 0.4) is 0 Å². The fourth-order valence-electron chi connectivity index (χ4n) is 1.67. The molecule has 0 fully saturated rings. The molecule has 1 heterocycles. The molecule has 0 saturated heterocycles. The molecule has 0 radical (unpaired) electrons. The van der Waals surface area contributed by atoms with Crippen LogP contribution in [0.5, 0.6) is 5.75 Å². The number of rotatable bonds is 5. The second kappa shape index (κ2) is 6.02. The number of benzene rings is 1. The first kappa shape index (κ1) is 12.4. The Balaban J connectivity index is 1.92. The molecule has 4 heteroatoms. The Hall–Kier alpha value is -2.07. The van der Waals surface area contributed by atoms with Crippen LogP contribution in [-0.2, 0) is 13.1 Å². The zero-order valence-electron chi connectivity index (χ0n) is 10.1. The molecule has 0 atom stereocenters. The minimum absolute atomic E-state index is 0.0168. The molecule has 0 spiro atoms. The van der Waals surface area contributed by atoms with Crippen LogP contribution in [0.15, 0.2) is 53.5 Å². The molecule has 1 aromatic carbocycles. The van der Waals surface area contributed by atoms with Gasteiger partial charge in [-0.1, -0.05) is 18.2 Å². The van der Waals surface area contributed by atoms with Crippen molar-refractivity contribution in [2.45, 2.75) is 13.1 Å². The molecule has 0 amide bonds. The van der Waals surface area contributed by atoms with Gasteiger partial charge in [-0.15, -0.1) is 0 Å². The summed E-state index contributed by atoms with van der Waals surface area (Å²) in [4.78, 5) is 11.5. The molecule has 0 aliphatic carbocycles. The van der Waals surface area contributed by atoms with Crippen molar-refractivity contribution in [3.8, 4) is 5.75 Å². The van der Waals surface area contributed by atoms with Gasteiger partial charge in [0.15, 0.2) is 0 Å². The maximum absolute atomic E-state index is 11.5. The quantitative estimate of drug-likeness (QED) is 0.864. The SMILES string of the molecule is NCc1cccc(OCCn2ccccc2=O)c1. The first-order valence-corrected chi connectivity index (χ1v) is 5.87. The summed E-state index contributed by atoms with van der Waals surface area (Å²) in [6.07, 6.45) is 1.75. The highest BCUT2D eigenvalue weighted by atomic mass is 16.5. The van der Waals surface area contributed by atoms with Crippen molar-refractivity contribution >= 4 is 0 Å². The van der Waals surface area contributed by atoms with Crippen LogP contribution < -0.4 is 16.0 Å². The lowest BCUT2D eigenvalue weighted by atomic mass is 10.2. The summed E-state index contributed by atoms with van der Waals surface area (Å²) in [5, 5.41) is 0. The molecule has 1 aromatic heterocycles. The normalized spacial score (nSPS) is 10.3. The van der Waals surface area contributed by atoms with E-state index >= 15 is 0 Å². The molecule has 0 aliphatic heterocycles. The average Bonchev–Trinajstić information content (AvgIpc) is 2.41. The molecule has 18 heavy (non-hydrogen) atoms. The predicted octanol–water partition coefficient (Wildman–Crippen LogP) is 1.39. The largest absolute Gasteiger partial charge is 0.492 e. The van der Waals surface area contributed by atoms with Gasteiger partial charge in [0.1, 0.15) is 12.4 Å². The summed E-state index contributed by atoms with van der Waals surface area (Å²) in [6, 6.07) is 12.7. The van der Waals surface area contributed by atoms with Gasteiger partial charge < -0.3 is 15.0 Å². The topological polar surface area (TPSA) is 57.2 Å². The lowest BCUT2D eigenvalue weighted by molar-refractivity contribution is 0.296. The van der Waals surface area contributed by atoms with Crippen molar-refractivity contribution in [3.05, 3.63) is 64.6 Å². The Labute approximate surface area is 106 Å². The molecule has 2 aromatic rings. The van der Waals surface area contributed by atoms with Gasteiger partial charge in [-0.3, -0.25) is 4.79 Å². The number of nitrogens with two attached hydrogens (primary N) is 1. The zero-order valence-corrected chi connectivity index (χ0v) is 10.1. The fraction of sp³-hybridized carbons (Fsp3) is 0.214. The molecule has 0 saturated carbocycles. The van der Waals surface area contributed by atoms with Crippen molar-refractivity contribution < 1.29 is 4.74 Å². The fourth-order valence-corrected chi connectivity index (χ4v) is 1.67. The average molecular weight is 244 g/mol. The van der Waals surface area contributed by atoms with Gasteiger partial charge in [0.25, 0.3) is 5.56 Å². The van der Waals surface area contributed by atoms with Crippen molar-refractivity contribution in [1.82, 2.24) is 4.57 Å². The van der Waals surface area contributed by atoms with Crippen LogP contribution in [0.25, 0.3) is 0 Å². The standard InChI is InChI=1S/C14H16N2O2/c15-11-12-4-3-5-13(10-12)18-9-8-16-7-2-1-6-14(16)17/h1-7,10H,8-9,11,15H2. The van der Waals surface area contributed by atoms with E-state index in [0.717, 1.165) is 11.3 Å². The first-order valence-electron chi connectivity index (χ1n) is 5.87. The van der Waals surface area contributed by atoms with Gasteiger partial charge >= 0.3 is 0 Å². The van der Waals surface area contributed by atoms with Crippen LogP contribution >= 0.6 is 0 Å². The first-order chi connectivity index (χ1) is 8.79. The summed E-state index contributed by atoms with van der Waals surface area (Å²) in [5.74, 6) is 0.780. The molecule has 4 nitrogen and oxygen atoms in total. The maximum atomic E-state index is 11.5. The van der Waals surface area contributed by atoms with E-state index in [1.54, 1.807) is 16.8 Å². The van der Waals surface area contributed by atoms with Gasteiger partial charge in [0.05, 0.1) is 6.54 Å². The monoisotopic (exact) mass is 244 g/mol. The zero-order chi connectivity index (χ0) is 12.8. The molecule has 2 N–H and O–H groups in total. The smallest absolute Gasteiger partial charge is 0.250 e. The second-order valence-electron chi connectivity index (χ2n) is 3.93. The molecule has 0 bridgehead atoms. The molecular weight excluding hydrogens is 228 g/mol. The maximum Gasteiger partial charge on any atom is 0.250 e. The number of ether oxygens (including phenoxy) is 1. The predicted molar refractivity (Wildman–Crippen MR) is 70.5 cm³/mol. The van der Waals surface area contributed by atoms with E-state index in [0.29, 0.717) is 19.7 Å². The van der Waals surface area contributed by atoms with Crippen LogP contribution in [-0.4, -0.2) is 11.2 Å². The van der Waals surface area contributed by atoms with Crippen molar-refractivity contribution in [2.75, 3.05) is 6.61 Å². The third-order valence-corrected chi connectivity index (χ3v) is 2.63. The highest BCUT2D eigenvalue weighted by molar-refractivity contribution is 5.28. The van der Waals surface area contributed by atoms with E-state index in [2.05, 4.69) is 0 Å². The van der Waals surface area contributed by atoms with E-state index in [4.69, 9.17) is 10.5 Å². The Bertz CT molecular complexity index is 563. The number of hydrogen-bond donors (Lipinski definition) is 1. The Kier molecular flexibility index (Phi) is 4.15. The third-order valence-electron chi connectivity index (χ3n) is 2.63. The van der Waals surface area contributed by atoms with Crippen molar-refractivity contribution in [2.24, 2.45) is 5.73 Å². The molecule has 2 rings (SSSR count). The minimum Gasteiger partial charge on any atom is -0.492 e. The lowest BCUT2D eigenvalue weighted by Crippen LogP contribution is -2.21. The van der Waals surface area contributed by atoms with E-state index in [1.165, 1.54) is 6.07 Å². The summed E-state index contributed by atoms with van der Waals surface area (Å²) in [6.45, 7) is 1.49. The summed E-state index contributed by atoms with van der Waals surface area (Å²) >= 11 is 0. The van der Waals surface area contributed by atoms with E-state index in [9.17, 15) is 4.79 Å². The summed E-state index contributed by atoms with van der Waals surface area (Å²) < 4.78 is 7.21. The Morgan fingerprint density at radius 2 is 2.06 bits per heavy atom. The molecular formula is C14H16N2O2. The number of hydrogen-bond acceptors (Lipinski definition) is 3. The highest BCUT2D eigenvalue weighted by Crippen LogP contribution is 2.12. The van der Waals surface area contributed by atoms with E-state index in [-0.39, 0.29) is 5.56 Å². The molecule has 0 unspecified atom stereocenters. The number of aromatic nitrogens is 1. The number of nitrogens with zero attached hydrogens (tertiary/aromatic N) is 1. The van der Waals surface area contributed by atoms with Gasteiger partial charge in [-0.2, -0.15) is 0 Å². The van der Waals surface area contributed by atoms with Gasteiger partial charge in [-0.05, 0) is 23.8 Å². The lowest BCUT2D eigenvalue weighted by Gasteiger charge is -2.08. The third kappa shape index (κ3) is 3.21. The van der Waals surface area contributed by atoms with Crippen LogP contribution in [0.1, 0.15) is 5.56 Å². The van der Waals surface area contributed by atoms with Crippen molar-refractivity contribution in [1.29, 1.82) is 0 Å². The van der Waals surface area contributed by atoms with Gasteiger partial charge in [0, 0.05) is 18.8 Å². The minimum atomic E-state index is -0.0168. The van der Waals surface area contributed by atoms with Crippen LogP contribution in [0.4, 0.5) is 0 Å². The van der Waals surface area contributed by atoms with Crippen LogP contribution in [0, 0.1) is 0 Å². The molecule has 0 aliphatic rings. The van der Waals surface area contributed by atoms with E-state index < -0.39 is 0 Å². The van der Waals surface area contributed by atoms with Gasteiger partial charge in [-0.25, -0.2) is 0 Å². The second-order valence-corrected chi connectivity index (χ2v) is 3.93. The highest BCUT2D eigenvalue weighted by Gasteiger charge is 1.97. The number of pyridine rings is 1. The Morgan fingerprint density at radius 3 is 2.83 bits per heavy atom. The summed E-state index contributed by atoms with van der Waals surface area (Å²) in [7, 11) is 0. The van der Waals surface area contributed by atoms with Crippen LogP contribution in [0.2, 0.25) is 0 Å². The van der Waals surface area contributed by atoms with Gasteiger partial charge in [0.2, 0.25) is 0 Å². The van der Waals surface area contributed by atoms with E-state index in [1.807, 2.05) is 30.3 Å². The molecule has 94 valence electrons. The van der Waals surface area contributed by atoms with Crippen molar-refractivity contribution in [3.63, 3.8) is 0 Å². The summed E-state index contributed by atoms with van der Waals surface area (Å²) in [5.41, 5.74) is 6.57.